The molecule has 0 radical (unpaired) electrons. The summed E-state index contributed by atoms with van der Waals surface area (Å²) in [6, 6.07) is 30.0. The number of thiophene rings is 1. The molecule has 0 aliphatic heterocycles. The zero-order valence-corrected chi connectivity index (χ0v) is 22.3. The zero-order chi connectivity index (χ0) is 27.8. The second-order valence-corrected chi connectivity index (χ2v) is 10.5. The molecule has 0 unspecified atom stereocenters. The molecule has 0 aliphatic rings. The Balaban J connectivity index is 1.22. The minimum atomic E-state index is 0.546. The molecule has 0 amide bonds. The van der Waals surface area contributed by atoms with E-state index in [9.17, 15) is 5.26 Å². The van der Waals surface area contributed by atoms with Crippen LogP contribution in [0.4, 0.5) is 5.69 Å². The molecule has 190 valence electrons. The lowest BCUT2D eigenvalue weighted by Crippen LogP contribution is -1.89. The molecule has 7 rings (SSSR count). The van der Waals surface area contributed by atoms with Crippen LogP contribution in [0.15, 0.2) is 110 Å². The smallest absolute Gasteiger partial charge is 0.190 e. The quantitative estimate of drug-likeness (QED) is 0.208. The Hall–Kier alpha value is -5.76. The predicted octanol–water partition coefficient (Wildman–Crippen LogP) is 8.72. The maximum atomic E-state index is 9.19. The van der Waals surface area contributed by atoms with Gasteiger partial charge in [0.25, 0.3) is 0 Å². The summed E-state index contributed by atoms with van der Waals surface area (Å²) in [5.41, 5.74) is 8.13. The predicted molar refractivity (Wildman–Crippen MR) is 163 cm³/mol. The number of nitriles is 1. The molecule has 0 N–H and O–H groups in total. The van der Waals surface area contributed by atoms with Crippen molar-refractivity contribution in [1.29, 1.82) is 5.26 Å². The number of pyridine rings is 4. The van der Waals surface area contributed by atoms with Gasteiger partial charge in [0.05, 0.1) is 41.0 Å². The van der Waals surface area contributed by atoms with E-state index in [1.54, 1.807) is 48.0 Å². The van der Waals surface area contributed by atoms with E-state index in [0.29, 0.717) is 22.6 Å². The highest BCUT2D eigenvalue weighted by Gasteiger charge is 2.11. The zero-order valence-electron chi connectivity index (χ0n) is 21.5. The Morgan fingerprint density at radius 3 is 1.68 bits per heavy atom. The van der Waals surface area contributed by atoms with Crippen LogP contribution in [0, 0.1) is 17.9 Å². The molecule has 0 saturated carbocycles. The lowest BCUT2D eigenvalue weighted by atomic mass is 10.0. The van der Waals surface area contributed by atoms with E-state index in [4.69, 9.17) is 6.57 Å². The van der Waals surface area contributed by atoms with Crippen molar-refractivity contribution < 1.29 is 0 Å². The highest BCUT2D eigenvalue weighted by molar-refractivity contribution is 7.25. The van der Waals surface area contributed by atoms with E-state index in [1.165, 1.54) is 20.2 Å². The van der Waals surface area contributed by atoms with Gasteiger partial charge in [-0.2, -0.15) is 5.26 Å². The highest BCUT2D eigenvalue weighted by Crippen LogP contribution is 2.38. The first-order chi connectivity index (χ1) is 20.2. The summed E-state index contributed by atoms with van der Waals surface area (Å²) in [6.07, 6.45) is 6.98. The summed E-state index contributed by atoms with van der Waals surface area (Å²) < 4.78 is 2.45. The van der Waals surface area contributed by atoms with Crippen LogP contribution in [-0.2, 0) is 0 Å². The Morgan fingerprint density at radius 2 is 1.15 bits per heavy atom. The van der Waals surface area contributed by atoms with Gasteiger partial charge in [-0.1, -0.05) is 24.3 Å². The van der Waals surface area contributed by atoms with Crippen molar-refractivity contribution in [1.82, 2.24) is 19.9 Å². The van der Waals surface area contributed by atoms with Crippen LogP contribution in [-0.4, -0.2) is 19.9 Å². The molecule has 0 fully saturated rings. The molecule has 0 atom stereocenters. The Bertz CT molecular complexity index is 2010. The van der Waals surface area contributed by atoms with E-state index >= 15 is 0 Å². The Morgan fingerprint density at radius 1 is 0.585 bits per heavy atom. The average molecular weight is 543 g/mol. The van der Waals surface area contributed by atoms with Crippen molar-refractivity contribution in [3.8, 4) is 51.1 Å². The van der Waals surface area contributed by atoms with E-state index < -0.39 is 0 Å². The van der Waals surface area contributed by atoms with Crippen molar-refractivity contribution in [3.63, 3.8) is 0 Å². The van der Waals surface area contributed by atoms with Crippen LogP contribution in [0.25, 0.3) is 70.0 Å². The van der Waals surface area contributed by atoms with Crippen molar-refractivity contribution in [2.45, 2.75) is 0 Å². The number of rotatable bonds is 4. The number of nitrogens with zero attached hydrogens (tertiary/aromatic N) is 6. The van der Waals surface area contributed by atoms with Crippen LogP contribution in [0.2, 0.25) is 0 Å². The normalized spacial score (nSPS) is 10.9. The van der Waals surface area contributed by atoms with Crippen LogP contribution in [0.5, 0.6) is 0 Å². The third-order valence-electron chi connectivity index (χ3n) is 6.95. The van der Waals surface area contributed by atoms with Gasteiger partial charge >= 0.3 is 0 Å². The molecule has 0 aliphatic carbocycles. The van der Waals surface area contributed by atoms with E-state index in [1.807, 2.05) is 36.7 Å². The molecule has 5 aromatic heterocycles. The van der Waals surface area contributed by atoms with E-state index in [0.717, 1.165) is 33.6 Å². The second-order valence-electron chi connectivity index (χ2n) is 9.44. The maximum Gasteiger partial charge on any atom is 0.190 e. The highest BCUT2D eigenvalue weighted by atomic mass is 32.1. The molecule has 2 aromatic carbocycles. The Kier molecular flexibility index (Phi) is 5.98. The molecule has 0 bridgehead atoms. The lowest BCUT2D eigenvalue weighted by Gasteiger charge is -2.06. The summed E-state index contributed by atoms with van der Waals surface area (Å²) in [6.45, 7) is 7.24. The van der Waals surface area contributed by atoms with Gasteiger partial charge in [0, 0.05) is 56.1 Å². The standard InChI is InChI=1S/C34H18N6S/c1-36-26-11-13-38-32(17-26)30-7-3-25(20-40-30)23-5-9-34-28(16-23)27-15-22(4-8-33(27)41-34)24-2-6-29(39-19-24)31-14-21(18-35)10-12-37-31/h2-17,19-20H. The van der Waals surface area contributed by atoms with Gasteiger partial charge < -0.3 is 0 Å². The maximum absolute atomic E-state index is 9.19. The van der Waals surface area contributed by atoms with Gasteiger partial charge in [-0.15, -0.1) is 11.3 Å². The van der Waals surface area contributed by atoms with Gasteiger partial charge in [-0.05, 0) is 71.8 Å². The first kappa shape index (κ1) is 24.3. The fourth-order valence-corrected chi connectivity index (χ4v) is 5.90. The SMILES string of the molecule is [C-]#[N+]c1ccnc(-c2ccc(-c3ccc4sc5ccc(-c6ccc(-c7cc(C#N)ccn7)nc6)cc5c4c3)cn2)c1. The topological polar surface area (TPSA) is 79.7 Å². The van der Waals surface area contributed by atoms with Gasteiger partial charge in [0.15, 0.2) is 5.69 Å². The second kappa shape index (κ2) is 10.1. The minimum absolute atomic E-state index is 0.546. The largest absolute Gasteiger partial charge is 0.257 e. The number of hydrogen-bond acceptors (Lipinski definition) is 6. The first-order valence-corrected chi connectivity index (χ1v) is 13.6. The average Bonchev–Trinajstić information content (AvgIpc) is 3.42. The summed E-state index contributed by atoms with van der Waals surface area (Å²) in [7, 11) is 0. The van der Waals surface area contributed by atoms with Crippen molar-refractivity contribution in [3.05, 3.63) is 127 Å². The molecule has 5 heterocycles. The molecular formula is C34H18N6S. The molecule has 41 heavy (non-hydrogen) atoms. The number of fused-ring (bicyclic) bond motifs is 3. The van der Waals surface area contributed by atoms with Crippen molar-refractivity contribution in [2.75, 3.05) is 0 Å². The summed E-state index contributed by atoms with van der Waals surface area (Å²) in [4.78, 5) is 21.5. The third-order valence-corrected chi connectivity index (χ3v) is 8.10. The van der Waals surface area contributed by atoms with Gasteiger partial charge in [-0.25, -0.2) is 4.85 Å². The van der Waals surface area contributed by atoms with Gasteiger partial charge in [0.1, 0.15) is 0 Å². The minimum Gasteiger partial charge on any atom is -0.257 e. The molecule has 0 saturated heterocycles. The molecule has 0 spiro atoms. The number of aromatic nitrogens is 4. The molecular weight excluding hydrogens is 524 g/mol. The summed E-state index contributed by atoms with van der Waals surface area (Å²) >= 11 is 1.78. The van der Waals surface area contributed by atoms with E-state index in [-0.39, 0.29) is 0 Å². The van der Waals surface area contributed by atoms with Gasteiger partial charge in [0.2, 0.25) is 0 Å². The van der Waals surface area contributed by atoms with Crippen molar-refractivity contribution >= 4 is 37.2 Å². The molecule has 7 aromatic rings. The summed E-state index contributed by atoms with van der Waals surface area (Å²) in [5, 5.41) is 11.6. The van der Waals surface area contributed by atoms with Gasteiger partial charge in [-0.3, -0.25) is 19.9 Å². The monoisotopic (exact) mass is 542 g/mol. The van der Waals surface area contributed by atoms with Crippen LogP contribution in [0.1, 0.15) is 5.56 Å². The molecule has 6 nitrogen and oxygen atoms in total. The van der Waals surface area contributed by atoms with E-state index in [2.05, 4.69) is 67.2 Å². The fourth-order valence-electron chi connectivity index (χ4n) is 4.84. The fraction of sp³-hybridized carbons (Fsp3) is 0. The molecule has 7 heteroatoms. The number of benzene rings is 2. The van der Waals surface area contributed by atoms with Crippen molar-refractivity contribution in [2.24, 2.45) is 0 Å². The van der Waals surface area contributed by atoms with Crippen LogP contribution >= 0.6 is 11.3 Å². The lowest BCUT2D eigenvalue weighted by molar-refractivity contribution is 1.24. The summed E-state index contributed by atoms with van der Waals surface area (Å²) in [5.74, 6) is 0. The number of hydrogen-bond donors (Lipinski definition) is 0. The van der Waals surface area contributed by atoms with Crippen LogP contribution in [0.3, 0.4) is 0 Å². The first-order valence-electron chi connectivity index (χ1n) is 12.8. The third kappa shape index (κ3) is 4.57. The van der Waals surface area contributed by atoms with Crippen LogP contribution < -0.4 is 0 Å². The Labute approximate surface area is 239 Å².